The first-order valence-corrected chi connectivity index (χ1v) is 8.22. The molecule has 2 fully saturated rings. The van der Waals surface area contributed by atoms with Crippen LogP contribution < -0.4 is 5.73 Å². The number of hydrogen-bond acceptors (Lipinski definition) is 3. The highest BCUT2D eigenvalue weighted by molar-refractivity contribution is 4.97. The number of rotatable bonds is 5. The van der Waals surface area contributed by atoms with Crippen molar-refractivity contribution in [3.8, 4) is 0 Å². The zero-order chi connectivity index (χ0) is 13.7. The maximum Gasteiger partial charge on any atom is 0.0595 e. The second-order valence-corrected chi connectivity index (χ2v) is 6.58. The van der Waals surface area contributed by atoms with Gasteiger partial charge >= 0.3 is 0 Å². The zero-order valence-electron chi connectivity index (χ0n) is 12.9. The Morgan fingerprint density at radius 3 is 2.26 bits per heavy atom. The normalized spacial score (nSPS) is 34.6. The van der Waals surface area contributed by atoms with E-state index in [0.717, 1.165) is 12.5 Å². The van der Waals surface area contributed by atoms with Crippen molar-refractivity contribution in [1.29, 1.82) is 0 Å². The lowest BCUT2D eigenvalue weighted by Crippen LogP contribution is -2.58. The molecule has 1 saturated carbocycles. The van der Waals surface area contributed by atoms with Gasteiger partial charge in [-0.05, 0) is 44.4 Å². The van der Waals surface area contributed by atoms with Gasteiger partial charge in [0.25, 0.3) is 0 Å². The molecule has 0 bridgehead atoms. The Hall–Kier alpha value is -0.120. The van der Waals surface area contributed by atoms with Crippen molar-refractivity contribution in [1.82, 2.24) is 4.90 Å². The predicted octanol–water partition coefficient (Wildman–Crippen LogP) is 2.79. The molecule has 3 nitrogen and oxygen atoms in total. The molecule has 0 atom stereocenters. The molecule has 19 heavy (non-hydrogen) atoms. The molecule has 0 spiro atoms. The van der Waals surface area contributed by atoms with E-state index in [1.165, 1.54) is 64.5 Å². The zero-order valence-corrected chi connectivity index (χ0v) is 12.9. The summed E-state index contributed by atoms with van der Waals surface area (Å²) in [5.74, 6) is 0.959. The number of likely N-dealkylation sites (tertiary alicyclic amines) is 1. The Kier molecular flexibility index (Phi) is 5.67. The monoisotopic (exact) mass is 268 g/mol. The molecular weight excluding hydrogens is 236 g/mol. The lowest BCUT2D eigenvalue weighted by Gasteiger charge is -2.50. The van der Waals surface area contributed by atoms with Crippen LogP contribution in [0, 0.1) is 5.92 Å². The molecule has 0 unspecified atom stereocenters. The van der Waals surface area contributed by atoms with E-state index in [4.69, 9.17) is 10.5 Å². The second-order valence-electron chi connectivity index (χ2n) is 6.58. The lowest BCUT2D eigenvalue weighted by molar-refractivity contribution is -0.0218. The third-order valence-electron chi connectivity index (χ3n) is 5.56. The van der Waals surface area contributed by atoms with Gasteiger partial charge in [-0.15, -0.1) is 0 Å². The minimum Gasteiger partial charge on any atom is -0.381 e. The van der Waals surface area contributed by atoms with Crippen molar-refractivity contribution < 1.29 is 4.74 Å². The van der Waals surface area contributed by atoms with Gasteiger partial charge in [-0.2, -0.15) is 0 Å². The van der Waals surface area contributed by atoms with E-state index in [1.54, 1.807) is 0 Å². The smallest absolute Gasteiger partial charge is 0.0595 e. The van der Waals surface area contributed by atoms with Gasteiger partial charge in [-0.25, -0.2) is 0 Å². The van der Waals surface area contributed by atoms with E-state index in [-0.39, 0.29) is 0 Å². The molecule has 2 N–H and O–H groups in total. The van der Waals surface area contributed by atoms with Crippen LogP contribution in [-0.4, -0.2) is 43.3 Å². The molecule has 0 amide bonds. The molecule has 0 aromatic heterocycles. The van der Waals surface area contributed by atoms with E-state index in [2.05, 4.69) is 11.8 Å². The molecule has 0 aromatic rings. The standard InChI is InChI=1S/C16H32N2O/c1-3-4-14-5-9-16(13-17,10-6-14)18-11-7-15(19-2)8-12-18/h14-15H,3-13,17H2,1-2H3. The summed E-state index contributed by atoms with van der Waals surface area (Å²) in [6.07, 6.45) is 11.0. The Bertz CT molecular complexity index is 253. The van der Waals surface area contributed by atoms with E-state index < -0.39 is 0 Å². The molecule has 1 heterocycles. The van der Waals surface area contributed by atoms with Crippen LogP contribution in [0.1, 0.15) is 58.3 Å². The minimum atomic E-state index is 0.308. The van der Waals surface area contributed by atoms with Crippen LogP contribution in [-0.2, 0) is 4.74 Å². The van der Waals surface area contributed by atoms with Gasteiger partial charge in [0.15, 0.2) is 0 Å². The summed E-state index contributed by atoms with van der Waals surface area (Å²) in [4.78, 5) is 2.69. The third-order valence-corrected chi connectivity index (χ3v) is 5.56. The Balaban J connectivity index is 1.89. The molecular formula is C16H32N2O. The van der Waals surface area contributed by atoms with Gasteiger partial charge in [0.2, 0.25) is 0 Å². The van der Waals surface area contributed by atoms with Gasteiger partial charge < -0.3 is 10.5 Å². The summed E-state index contributed by atoms with van der Waals surface area (Å²) in [5.41, 5.74) is 6.49. The molecule has 2 aliphatic rings. The summed E-state index contributed by atoms with van der Waals surface area (Å²) < 4.78 is 5.48. The summed E-state index contributed by atoms with van der Waals surface area (Å²) in [5, 5.41) is 0. The molecule has 2 rings (SSSR count). The van der Waals surface area contributed by atoms with Crippen LogP contribution in [0.4, 0.5) is 0 Å². The summed E-state index contributed by atoms with van der Waals surface area (Å²) in [6, 6.07) is 0. The summed E-state index contributed by atoms with van der Waals surface area (Å²) >= 11 is 0. The molecule has 0 aromatic carbocycles. The van der Waals surface area contributed by atoms with Gasteiger partial charge in [-0.1, -0.05) is 19.8 Å². The largest absolute Gasteiger partial charge is 0.381 e. The number of hydrogen-bond donors (Lipinski definition) is 1. The van der Waals surface area contributed by atoms with Crippen molar-refractivity contribution in [3.63, 3.8) is 0 Å². The first-order chi connectivity index (χ1) is 9.24. The lowest BCUT2D eigenvalue weighted by atomic mass is 9.73. The Labute approximate surface area is 118 Å². The molecule has 3 heteroatoms. The van der Waals surface area contributed by atoms with Crippen molar-refractivity contribution in [2.45, 2.75) is 69.9 Å². The average molecular weight is 268 g/mol. The van der Waals surface area contributed by atoms with E-state index in [1.807, 2.05) is 7.11 Å². The number of nitrogens with zero attached hydrogens (tertiary/aromatic N) is 1. The van der Waals surface area contributed by atoms with E-state index in [9.17, 15) is 0 Å². The highest BCUT2D eigenvalue weighted by Gasteiger charge is 2.40. The van der Waals surface area contributed by atoms with Crippen LogP contribution >= 0.6 is 0 Å². The molecule has 1 aliphatic carbocycles. The quantitative estimate of drug-likeness (QED) is 0.833. The number of ether oxygens (including phenoxy) is 1. The molecule has 112 valence electrons. The van der Waals surface area contributed by atoms with Crippen LogP contribution in [0.3, 0.4) is 0 Å². The number of piperidine rings is 1. The fraction of sp³-hybridized carbons (Fsp3) is 1.00. The van der Waals surface area contributed by atoms with E-state index >= 15 is 0 Å². The molecule has 0 radical (unpaired) electrons. The summed E-state index contributed by atoms with van der Waals surface area (Å²) in [7, 11) is 1.84. The molecule has 1 aliphatic heterocycles. The van der Waals surface area contributed by atoms with Gasteiger partial charge in [0, 0.05) is 32.3 Å². The van der Waals surface area contributed by atoms with Crippen molar-refractivity contribution in [2.75, 3.05) is 26.7 Å². The highest BCUT2D eigenvalue weighted by Crippen LogP contribution is 2.39. The highest BCUT2D eigenvalue weighted by atomic mass is 16.5. The van der Waals surface area contributed by atoms with Crippen molar-refractivity contribution in [3.05, 3.63) is 0 Å². The first-order valence-electron chi connectivity index (χ1n) is 8.22. The maximum atomic E-state index is 6.18. The van der Waals surface area contributed by atoms with Crippen LogP contribution in [0.25, 0.3) is 0 Å². The van der Waals surface area contributed by atoms with Crippen LogP contribution in [0.5, 0.6) is 0 Å². The van der Waals surface area contributed by atoms with Crippen molar-refractivity contribution >= 4 is 0 Å². The van der Waals surface area contributed by atoms with Crippen LogP contribution in [0.2, 0.25) is 0 Å². The second kappa shape index (κ2) is 7.05. The van der Waals surface area contributed by atoms with Gasteiger partial charge in [-0.3, -0.25) is 4.90 Å². The van der Waals surface area contributed by atoms with Crippen LogP contribution in [0.15, 0.2) is 0 Å². The fourth-order valence-electron chi connectivity index (χ4n) is 4.13. The number of nitrogens with two attached hydrogens (primary N) is 1. The van der Waals surface area contributed by atoms with Gasteiger partial charge in [0.05, 0.1) is 6.10 Å². The van der Waals surface area contributed by atoms with E-state index in [0.29, 0.717) is 11.6 Å². The third kappa shape index (κ3) is 3.50. The van der Waals surface area contributed by atoms with Crippen molar-refractivity contribution in [2.24, 2.45) is 11.7 Å². The molecule has 1 saturated heterocycles. The first kappa shape index (κ1) is 15.3. The number of methoxy groups -OCH3 is 1. The SMILES string of the molecule is CCCC1CCC(CN)(N2CCC(OC)CC2)CC1. The topological polar surface area (TPSA) is 38.5 Å². The predicted molar refractivity (Wildman–Crippen MR) is 80.3 cm³/mol. The Morgan fingerprint density at radius 2 is 1.79 bits per heavy atom. The van der Waals surface area contributed by atoms with Gasteiger partial charge in [0.1, 0.15) is 0 Å². The summed E-state index contributed by atoms with van der Waals surface area (Å²) in [6.45, 7) is 5.49. The fourth-order valence-corrected chi connectivity index (χ4v) is 4.13. The average Bonchev–Trinajstić information content (AvgIpc) is 2.49. The maximum absolute atomic E-state index is 6.18. The minimum absolute atomic E-state index is 0.308. The Morgan fingerprint density at radius 1 is 1.16 bits per heavy atom.